The Balaban J connectivity index is 1.66. The van der Waals surface area contributed by atoms with Crippen molar-refractivity contribution in [2.24, 2.45) is 7.05 Å². The number of ether oxygens (including phenoxy) is 1. The fourth-order valence-corrected chi connectivity index (χ4v) is 3.62. The van der Waals surface area contributed by atoms with Gasteiger partial charge in [0.1, 0.15) is 5.75 Å². The van der Waals surface area contributed by atoms with E-state index in [2.05, 4.69) is 52.1 Å². The highest BCUT2D eigenvalue weighted by atomic mass is 16.5. The van der Waals surface area contributed by atoms with Crippen LogP contribution in [0.25, 0.3) is 0 Å². The summed E-state index contributed by atoms with van der Waals surface area (Å²) in [5, 5.41) is 3.13. The van der Waals surface area contributed by atoms with Crippen LogP contribution in [-0.2, 0) is 7.05 Å². The van der Waals surface area contributed by atoms with Gasteiger partial charge in [0.25, 0.3) is 5.91 Å². The van der Waals surface area contributed by atoms with E-state index in [1.165, 1.54) is 5.69 Å². The zero-order chi connectivity index (χ0) is 20.1. The lowest BCUT2D eigenvalue weighted by atomic mass is 10.1. The highest BCUT2D eigenvalue weighted by molar-refractivity contribution is 5.94. The maximum absolute atomic E-state index is 12.7. The maximum atomic E-state index is 12.7. The number of aryl methyl sites for hydroxylation is 1. The van der Waals surface area contributed by atoms with Gasteiger partial charge in [-0.3, -0.25) is 9.69 Å². The molecular formula is C22H32N4O2. The predicted molar refractivity (Wildman–Crippen MR) is 112 cm³/mol. The quantitative estimate of drug-likeness (QED) is 0.797. The Morgan fingerprint density at radius 1 is 1.07 bits per heavy atom. The molecule has 6 heteroatoms. The average Bonchev–Trinajstić information content (AvgIpc) is 3.09. The SMILES string of the molecule is CC(C)Oc1ccc(C(=O)NCC(c2cccn2C)N2CCN(C)CC2)cc1. The highest BCUT2D eigenvalue weighted by Crippen LogP contribution is 2.22. The van der Waals surface area contributed by atoms with Gasteiger partial charge in [0.2, 0.25) is 0 Å². The summed E-state index contributed by atoms with van der Waals surface area (Å²) in [6.45, 7) is 8.67. The van der Waals surface area contributed by atoms with E-state index in [1.54, 1.807) is 0 Å². The van der Waals surface area contributed by atoms with Crippen molar-refractivity contribution in [3.63, 3.8) is 0 Å². The zero-order valence-electron chi connectivity index (χ0n) is 17.4. The Labute approximate surface area is 168 Å². The van der Waals surface area contributed by atoms with Gasteiger partial charge in [0, 0.05) is 57.2 Å². The third-order valence-corrected chi connectivity index (χ3v) is 5.25. The number of carbonyl (C=O) groups excluding carboxylic acids is 1. The number of hydrogen-bond donors (Lipinski definition) is 1. The standard InChI is InChI=1S/C22H32N4O2/c1-17(2)28-19-9-7-18(8-10-19)22(27)23-16-21(20-6-5-11-25(20)4)26-14-12-24(3)13-15-26/h5-11,17,21H,12-16H2,1-4H3,(H,23,27). The van der Waals surface area contributed by atoms with Crippen molar-refractivity contribution in [1.82, 2.24) is 19.7 Å². The van der Waals surface area contributed by atoms with Crippen LogP contribution in [0, 0.1) is 0 Å². The third-order valence-electron chi connectivity index (χ3n) is 5.25. The zero-order valence-corrected chi connectivity index (χ0v) is 17.4. The van der Waals surface area contributed by atoms with Gasteiger partial charge in [-0.05, 0) is 57.3 Å². The van der Waals surface area contributed by atoms with Gasteiger partial charge in [-0.25, -0.2) is 0 Å². The number of nitrogens with zero attached hydrogens (tertiary/aromatic N) is 3. The summed E-state index contributed by atoms with van der Waals surface area (Å²) >= 11 is 0. The van der Waals surface area contributed by atoms with Crippen LogP contribution in [0.1, 0.15) is 35.9 Å². The van der Waals surface area contributed by atoms with Crippen molar-refractivity contribution < 1.29 is 9.53 Å². The highest BCUT2D eigenvalue weighted by Gasteiger charge is 2.26. The van der Waals surface area contributed by atoms with Gasteiger partial charge in [0.05, 0.1) is 12.1 Å². The molecule has 0 bridgehead atoms. The van der Waals surface area contributed by atoms with E-state index in [9.17, 15) is 4.79 Å². The van der Waals surface area contributed by atoms with Crippen LogP contribution in [0.3, 0.4) is 0 Å². The summed E-state index contributed by atoms with van der Waals surface area (Å²) in [5.41, 5.74) is 1.88. The van der Waals surface area contributed by atoms with Gasteiger partial charge in [-0.2, -0.15) is 0 Å². The molecule has 1 fully saturated rings. The van der Waals surface area contributed by atoms with Gasteiger partial charge < -0.3 is 19.5 Å². The second kappa shape index (κ2) is 9.26. The molecule has 1 aliphatic heterocycles. The van der Waals surface area contributed by atoms with Crippen LogP contribution >= 0.6 is 0 Å². The van der Waals surface area contributed by atoms with Crippen LogP contribution in [-0.4, -0.2) is 66.1 Å². The smallest absolute Gasteiger partial charge is 0.251 e. The minimum Gasteiger partial charge on any atom is -0.491 e. The lowest BCUT2D eigenvalue weighted by Gasteiger charge is -2.38. The molecule has 0 radical (unpaired) electrons. The minimum absolute atomic E-state index is 0.0515. The van der Waals surface area contributed by atoms with Crippen LogP contribution in [0.5, 0.6) is 5.75 Å². The van der Waals surface area contributed by atoms with E-state index in [0.29, 0.717) is 12.1 Å². The van der Waals surface area contributed by atoms with Crippen molar-refractivity contribution >= 4 is 5.91 Å². The molecule has 1 aliphatic rings. The molecule has 1 atom stereocenters. The molecular weight excluding hydrogens is 352 g/mol. The average molecular weight is 385 g/mol. The Hall–Kier alpha value is -2.31. The monoisotopic (exact) mass is 384 g/mol. The first kappa shape index (κ1) is 20.4. The molecule has 0 aliphatic carbocycles. The number of piperazine rings is 1. The topological polar surface area (TPSA) is 49.7 Å². The number of nitrogens with one attached hydrogen (secondary N) is 1. The second-order valence-electron chi connectivity index (χ2n) is 7.80. The summed E-state index contributed by atoms with van der Waals surface area (Å²) in [7, 11) is 4.22. The third kappa shape index (κ3) is 5.14. The maximum Gasteiger partial charge on any atom is 0.251 e. The molecule has 1 aromatic heterocycles. The molecule has 6 nitrogen and oxygen atoms in total. The molecule has 2 heterocycles. The van der Waals surface area contributed by atoms with Crippen molar-refractivity contribution in [1.29, 1.82) is 0 Å². The molecule has 2 aromatic rings. The Morgan fingerprint density at radius 2 is 1.75 bits per heavy atom. The Bertz CT molecular complexity index is 761. The van der Waals surface area contributed by atoms with E-state index >= 15 is 0 Å². The van der Waals surface area contributed by atoms with Gasteiger partial charge in [0.15, 0.2) is 0 Å². The molecule has 1 aromatic carbocycles. The lowest BCUT2D eigenvalue weighted by Crippen LogP contribution is -2.48. The Morgan fingerprint density at radius 3 is 2.32 bits per heavy atom. The predicted octanol–water partition coefficient (Wildman–Crippen LogP) is 2.53. The van der Waals surface area contributed by atoms with Crippen LogP contribution in [0.15, 0.2) is 42.6 Å². The molecule has 1 saturated heterocycles. The van der Waals surface area contributed by atoms with Gasteiger partial charge in [-0.15, -0.1) is 0 Å². The summed E-state index contributed by atoms with van der Waals surface area (Å²) in [4.78, 5) is 17.5. The first-order chi connectivity index (χ1) is 13.4. The summed E-state index contributed by atoms with van der Waals surface area (Å²) in [6, 6.07) is 11.7. The van der Waals surface area contributed by atoms with E-state index in [-0.39, 0.29) is 18.1 Å². The van der Waals surface area contributed by atoms with Crippen molar-refractivity contribution in [3.8, 4) is 5.75 Å². The number of rotatable bonds is 7. The largest absolute Gasteiger partial charge is 0.491 e. The number of hydrogen-bond acceptors (Lipinski definition) is 4. The fourth-order valence-electron chi connectivity index (χ4n) is 3.62. The molecule has 0 saturated carbocycles. The second-order valence-corrected chi connectivity index (χ2v) is 7.80. The fraction of sp³-hybridized carbons (Fsp3) is 0.500. The number of carbonyl (C=O) groups is 1. The Kier molecular flexibility index (Phi) is 6.75. The first-order valence-electron chi connectivity index (χ1n) is 10.0. The number of aromatic nitrogens is 1. The van der Waals surface area contributed by atoms with Crippen LogP contribution in [0.2, 0.25) is 0 Å². The van der Waals surface area contributed by atoms with Crippen LogP contribution < -0.4 is 10.1 Å². The minimum atomic E-state index is -0.0515. The summed E-state index contributed by atoms with van der Waals surface area (Å²) < 4.78 is 7.80. The molecule has 3 rings (SSSR count). The van der Waals surface area contributed by atoms with E-state index < -0.39 is 0 Å². The van der Waals surface area contributed by atoms with E-state index in [4.69, 9.17) is 4.74 Å². The summed E-state index contributed by atoms with van der Waals surface area (Å²) in [6.07, 6.45) is 2.18. The van der Waals surface area contributed by atoms with E-state index in [1.807, 2.05) is 38.1 Å². The molecule has 28 heavy (non-hydrogen) atoms. The summed E-state index contributed by atoms with van der Waals surface area (Å²) in [5.74, 6) is 0.732. The number of likely N-dealkylation sites (N-methyl/N-ethyl adjacent to an activating group) is 1. The molecule has 1 unspecified atom stereocenters. The van der Waals surface area contributed by atoms with Crippen molar-refractivity contribution in [2.45, 2.75) is 26.0 Å². The van der Waals surface area contributed by atoms with Gasteiger partial charge >= 0.3 is 0 Å². The van der Waals surface area contributed by atoms with Gasteiger partial charge in [-0.1, -0.05) is 0 Å². The van der Waals surface area contributed by atoms with Crippen molar-refractivity contribution in [2.75, 3.05) is 39.8 Å². The molecule has 1 N–H and O–H groups in total. The number of amides is 1. The van der Waals surface area contributed by atoms with Crippen molar-refractivity contribution in [3.05, 3.63) is 53.9 Å². The van der Waals surface area contributed by atoms with E-state index in [0.717, 1.165) is 31.9 Å². The lowest BCUT2D eigenvalue weighted by molar-refractivity contribution is 0.0877. The molecule has 1 amide bonds. The normalized spacial score (nSPS) is 16.9. The number of benzene rings is 1. The van der Waals surface area contributed by atoms with Crippen LogP contribution in [0.4, 0.5) is 0 Å². The first-order valence-corrected chi connectivity index (χ1v) is 10.0. The molecule has 0 spiro atoms. The molecule has 152 valence electrons.